The highest BCUT2D eigenvalue weighted by Gasteiger charge is 2.18. The molecule has 0 amide bonds. The van der Waals surface area contributed by atoms with Crippen molar-refractivity contribution < 1.29 is 0 Å². The maximum Gasteiger partial charge on any atom is 0.0839 e. The summed E-state index contributed by atoms with van der Waals surface area (Å²) in [6.07, 6.45) is 3.03. The molecular weight excluding hydrogens is 258 g/mol. The van der Waals surface area contributed by atoms with Gasteiger partial charge in [-0.15, -0.1) is 0 Å². The van der Waals surface area contributed by atoms with Crippen LogP contribution in [0, 0.1) is 6.92 Å². The zero-order valence-electron chi connectivity index (χ0n) is 11.7. The van der Waals surface area contributed by atoms with Crippen LogP contribution in [0.25, 0.3) is 0 Å². The molecule has 0 saturated heterocycles. The summed E-state index contributed by atoms with van der Waals surface area (Å²) in [4.78, 5) is 0. The maximum absolute atomic E-state index is 6.39. The summed E-state index contributed by atoms with van der Waals surface area (Å²) in [6, 6.07) is 8.25. The second-order valence-corrected chi connectivity index (χ2v) is 5.23. The van der Waals surface area contributed by atoms with Crippen molar-refractivity contribution in [3.8, 4) is 0 Å². The Morgan fingerprint density at radius 2 is 2.16 bits per heavy atom. The monoisotopic (exact) mass is 277 g/mol. The summed E-state index contributed by atoms with van der Waals surface area (Å²) < 4.78 is 1.82. The molecule has 0 bridgehead atoms. The fourth-order valence-electron chi connectivity index (χ4n) is 2.12. The fraction of sp³-hybridized carbons (Fsp3) is 0.400. The molecule has 1 atom stereocenters. The van der Waals surface area contributed by atoms with Gasteiger partial charge in [0, 0.05) is 18.3 Å². The topological polar surface area (TPSA) is 29.9 Å². The molecule has 0 fully saturated rings. The van der Waals surface area contributed by atoms with Crippen LogP contribution >= 0.6 is 11.6 Å². The van der Waals surface area contributed by atoms with Crippen molar-refractivity contribution in [1.29, 1.82) is 0 Å². The summed E-state index contributed by atoms with van der Waals surface area (Å²) in [5.74, 6) is 0. The Bertz CT molecular complexity index is 548. The first-order chi connectivity index (χ1) is 9.11. The number of aromatic nitrogens is 2. The van der Waals surface area contributed by atoms with E-state index in [1.807, 2.05) is 37.0 Å². The summed E-state index contributed by atoms with van der Waals surface area (Å²) in [6.45, 7) is 5.13. The molecular formula is C15H20ClN3. The van der Waals surface area contributed by atoms with Gasteiger partial charge in [-0.05, 0) is 43.1 Å². The molecule has 0 saturated carbocycles. The third-order valence-electron chi connectivity index (χ3n) is 3.10. The molecule has 2 rings (SSSR count). The predicted octanol–water partition coefficient (Wildman–Crippen LogP) is 3.47. The van der Waals surface area contributed by atoms with Crippen molar-refractivity contribution >= 4 is 11.6 Å². The number of nitrogens with one attached hydrogen (secondary N) is 1. The first kappa shape index (κ1) is 14.1. The van der Waals surface area contributed by atoms with Crippen molar-refractivity contribution in [2.24, 2.45) is 7.05 Å². The van der Waals surface area contributed by atoms with Gasteiger partial charge in [0.15, 0.2) is 0 Å². The normalized spacial score (nSPS) is 12.6. The Morgan fingerprint density at radius 3 is 2.74 bits per heavy atom. The first-order valence-electron chi connectivity index (χ1n) is 6.60. The largest absolute Gasteiger partial charge is 0.305 e. The molecule has 3 nitrogen and oxygen atoms in total. The summed E-state index contributed by atoms with van der Waals surface area (Å²) >= 11 is 6.39. The zero-order valence-corrected chi connectivity index (χ0v) is 12.4. The number of rotatable bonds is 5. The number of nitrogens with zero attached hydrogens (tertiary/aromatic N) is 2. The van der Waals surface area contributed by atoms with Gasteiger partial charge in [0.2, 0.25) is 0 Å². The van der Waals surface area contributed by atoms with Crippen LogP contribution in [0.3, 0.4) is 0 Å². The van der Waals surface area contributed by atoms with E-state index in [0.717, 1.165) is 29.2 Å². The van der Waals surface area contributed by atoms with E-state index in [4.69, 9.17) is 11.6 Å². The summed E-state index contributed by atoms with van der Waals surface area (Å²) in [5.41, 5.74) is 3.25. The van der Waals surface area contributed by atoms with Gasteiger partial charge in [-0.25, -0.2) is 0 Å². The molecule has 1 unspecified atom stereocenters. The van der Waals surface area contributed by atoms with Crippen molar-refractivity contribution in [3.63, 3.8) is 0 Å². The molecule has 2 aromatic rings. The molecule has 1 aromatic heterocycles. The molecule has 1 N–H and O–H groups in total. The molecule has 0 aliphatic carbocycles. The number of halogens is 1. The van der Waals surface area contributed by atoms with Gasteiger partial charge in [-0.2, -0.15) is 5.10 Å². The van der Waals surface area contributed by atoms with Crippen LogP contribution in [-0.2, 0) is 7.05 Å². The van der Waals surface area contributed by atoms with E-state index >= 15 is 0 Å². The Morgan fingerprint density at radius 1 is 1.37 bits per heavy atom. The fourth-order valence-corrected chi connectivity index (χ4v) is 2.46. The number of aryl methyl sites for hydroxylation is 2. The van der Waals surface area contributed by atoms with E-state index < -0.39 is 0 Å². The van der Waals surface area contributed by atoms with E-state index in [9.17, 15) is 0 Å². The maximum atomic E-state index is 6.39. The minimum absolute atomic E-state index is 0.0502. The van der Waals surface area contributed by atoms with Crippen LogP contribution in [0.2, 0.25) is 5.02 Å². The number of hydrogen-bond acceptors (Lipinski definition) is 2. The Balaban J connectivity index is 2.36. The Hall–Kier alpha value is -1.32. The van der Waals surface area contributed by atoms with E-state index in [2.05, 4.69) is 29.5 Å². The smallest absolute Gasteiger partial charge is 0.0839 e. The predicted molar refractivity (Wildman–Crippen MR) is 79.5 cm³/mol. The molecule has 19 heavy (non-hydrogen) atoms. The zero-order chi connectivity index (χ0) is 13.8. The van der Waals surface area contributed by atoms with Gasteiger partial charge in [0.1, 0.15) is 0 Å². The lowest BCUT2D eigenvalue weighted by molar-refractivity contribution is 0.575. The van der Waals surface area contributed by atoms with Crippen molar-refractivity contribution in [2.45, 2.75) is 26.3 Å². The minimum Gasteiger partial charge on any atom is -0.305 e. The third kappa shape index (κ3) is 3.37. The van der Waals surface area contributed by atoms with Gasteiger partial charge in [-0.1, -0.05) is 30.7 Å². The highest BCUT2D eigenvalue weighted by atomic mass is 35.5. The molecule has 102 valence electrons. The van der Waals surface area contributed by atoms with Gasteiger partial charge in [0.05, 0.1) is 11.7 Å². The van der Waals surface area contributed by atoms with E-state index in [1.54, 1.807) is 0 Å². The third-order valence-corrected chi connectivity index (χ3v) is 3.42. The van der Waals surface area contributed by atoms with Crippen LogP contribution < -0.4 is 5.32 Å². The van der Waals surface area contributed by atoms with Crippen molar-refractivity contribution in [2.75, 3.05) is 6.54 Å². The number of benzene rings is 1. The van der Waals surface area contributed by atoms with Crippen LogP contribution in [0.1, 0.15) is 36.2 Å². The van der Waals surface area contributed by atoms with Crippen LogP contribution in [0.15, 0.2) is 30.5 Å². The van der Waals surface area contributed by atoms with Gasteiger partial charge in [0.25, 0.3) is 0 Å². The van der Waals surface area contributed by atoms with Gasteiger partial charge in [-0.3, -0.25) is 4.68 Å². The molecule has 0 aliphatic heterocycles. The number of hydrogen-bond donors (Lipinski definition) is 1. The SMILES string of the molecule is CCCNC(c1ccn(C)n1)c1ccc(C)cc1Cl. The molecule has 0 aliphatic rings. The van der Waals surface area contributed by atoms with Crippen LogP contribution in [-0.4, -0.2) is 16.3 Å². The van der Waals surface area contributed by atoms with Gasteiger partial charge >= 0.3 is 0 Å². The highest BCUT2D eigenvalue weighted by Crippen LogP contribution is 2.28. The molecule has 1 aromatic carbocycles. The van der Waals surface area contributed by atoms with E-state index in [1.165, 1.54) is 5.56 Å². The summed E-state index contributed by atoms with van der Waals surface area (Å²) in [7, 11) is 1.93. The van der Waals surface area contributed by atoms with E-state index in [0.29, 0.717) is 0 Å². The Labute approximate surface area is 119 Å². The highest BCUT2D eigenvalue weighted by molar-refractivity contribution is 6.31. The minimum atomic E-state index is 0.0502. The second-order valence-electron chi connectivity index (χ2n) is 4.83. The molecule has 1 heterocycles. The van der Waals surface area contributed by atoms with Gasteiger partial charge < -0.3 is 5.32 Å². The summed E-state index contributed by atoms with van der Waals surface area (Å²) in [5, 5.41) is 8.81. The Kier molecular flexibility index (Phi) is 4.61. The van der Waals surface area contributed by atoms with E-state index in [-0.39, 0.29) is 6.04 Å². The van der Waals surface area contributed by atoms with Crippen LogP contribution in [0.4, 0.5) is 0 Å². The van der Waals surface area contributed by atoms with Crippen LogP contribution in [0.5, 0.6) is 0 Å². The standard InChI is InChI=1S/C15H20ClN3/c1-4-8-17-15(14-7-9-19(3)18-14)12-6-5-11(2)10-13(12)16/h5-7,9-10,15,17H,4,8H2,1-3H3. The van der Waals surface area contributed by atoms with Crippen molar-refractivity contribution in [3.05, 3.63) is 52.3 Å². The average Bonchev–Trinajstić information content (AvgIpc) is 2.78. The lowest BCUT2D eigenvalue weighted by Crippen LogP contribution is -2.24. The molecule has 0 radical (unpaired) electrons. The quantitative estimate of drug-likeness (QED) is 0.907. The lowest BCUT2D eigenvalue weighted by Gasteiger charge is -2.18. The van der Waals surface area contributed by atoms with Crippen molar-refractivity contribution in [1.82, 2.24) is 15.1 Å². The molecule has 4 heteroatoms. The lowest BCUT2D eigenvalue weighted by atomic mass is 10.0. The molecule has 0 spiro atoms. The second kappa shape index (κ2) is 6.22. The average molecular weight is 278 g/mol. The first-order valence-corrected chi connectivity index (χ1v) is 6.98.